The number of halogens is 2. The number of carbonyl (C=O) groups excluding carboxylic acids is 1. The molecule has 15 heavy (non-hydrogen) atoms. The van der Waals surface area contributed by atoms with Crippen molar-refractivity contribution in [3.8, 4) is 0 Å². The van der Waals surface area contributed by atoms with Gasteiger partial charge in [-0.1, -0.05) is 29.3 Å². The van der Waals surface area contributed by atoms with E-state index in [0.29, 0.717) is 0 Å². The highest BCUT2D eigenvalue weighted by atomic mass is 35.5. The van der Waals surface area contributed by atoms with E-state index in [2.05, 4.69) is 5.32 Å². The number of hydrogen-bond donors (Lipinski definition) is 1. The molecule has 0 bridgehead atoms. The molecule has 5 nitrogen and oxygen atoms in total. The summed E-state index contributed by atoms with van der Waals surface area (Å²) in [6.07, 6.45) is 0. The van der Waals surface area contributed by atoms with Crippen LogP contribution in [-0.2, 0) is 4.79 Å². The van der Waals surface area contributed by atoms with Crippen molar-refractivity contribution < 1.29 is 9.72 Å². The first-order chi connectivity index (χ1) is 7.00. The molecule has 0 heterocycles. The fraction of sp³-hybridized carbons (Fsp3) is 0.125. The number of carbonyl (C=O) groups is 1. The number of nitro groups is 1. The van der Waals surface area contributed by atoms with Crippen molar-refractivity contribution in [2.24, 2.45) is 0 Å². The quantitative estimate of drug-likeness (QED) is 0.659. The first-order valence-electron chi connectivity index (χ1n) is 3.86. The SMILES string of the molecule is O=C(C[N+](=O)[O-])Nc1cccc(Cl)c1Cl. The summed E-state index contributed by atoms with van der Waals surface area (Å²) >= 11 is 11.4. The lowest BCUT2D eigenvalue weighted by Crippen LogP contribution is -2.21. The Morgan fingerprint density at radius 1 is 1.47 bits per heavy atom. The van der Waals surface area contributed by atoms with E-state index in [9.17, 15) is 14.9 Å². The Kier molecular flexibility index (Phi) is 3.88. The van der Waals surface area contributed by atoms with Crippen LogP contribution < -0.4 is 5.32 Å². The van der Waals surface area contributed by atoms with Crippen LogP contribution in [0.4, 0.5) is 5.69 Å². The molecule has 1 N–H and O–H groups in total. The molecule has 0 aromatic heterocycles. The molecule has 0 aliphatic rings. The first-order valence-corrected chi connectivity index (χ1v) is 4.62. The molecule has 7 heteroatoms. The summed E-state index contributed by atoms with van der Waals surface area (Å²) in [5, 5.41) is 12.8. The molecule has 1 amide bonds. The van der Waals surface area contributed by atoms with Crippen molar-refractivity contribution in [3.63, 3.8) is 0 Å². The van der Waals surface area contributed by atoms with Crippen molar-refractivity contribution in [1.82, 2.24) is 0 Å². The molecule has 0 saturated carbocycles. The van der Waals surface area contributed by atoms with Crippen molar-refractivity contribution in [2.75, 3.05) is 11.9 Å². The van der Waals surface area contributed by atoms with Gasteiger partial charge in [0.1, 0.15) is 0 Å². The van der Waals surface area contributed by atoms with E-state index in [4.69, 9.17) is 23.2 Å². The molecule has 1 rings (SSSR count). The van der Waals surface area contributed by atoms with Crippen molar-refractivity contribution >= 4 is 34.8 Å². The third-order valence-corrected chi connectivity index (χ3v) is 2.32. The van der Waals surface area contributed by atoms with Crippen LogP contribution >= 0.6 is 23.2 Å². The van der Waals surface area contributed by atoms with Crippen LogP contribution in [0.3, 0.4) is 0 Å². The minimum atomic E-state index is -0.803. The van der Waals surface area contributed by atoms with Gasteiger partial charge in [0.25, 0.3) is 12.5 Å². The van der Waals surface area contributed by atoms with E-state index < -0.39 is 17.4 Å². The van der Waals surface area contributed by atoms with Crippen LogP contribution in [0.25, 0.3) is 0 Å². The van der Waals surface area contributed by atoms with Crippen molar-refractivity contribution in [2.45, 2.75) is 0 Å². The normalized spacial score (nSPS) is 9.73. The van der Waals surface area contributed by atoms with E-state index in [1.165, 1.54) is 6.07 Å². The number of rotatable bonds is 3. The number of hydrogen-bond acceptors (Lipinski definition) is 3. The lowest BCUT2D eigenvalue weighted by molar-refractivity contribution is -0.467. The molecule has 0 spiro atoms. The van der Waals surface area contributed by atoms with Gasteiger partial charge in [-0.05, 0) is 12.1 Å². The van der Waals surface area contributed by atoms with Gasteiger partial charge < -0.3 is 5.32 Å². The van der Waals surface area contributed by atoms with Crippen LogP contribution in [0.1, 0.15) is 0 Å². The second-order valence-corrected chi connectivity index (χ2v) is 3.43. The second kappa shape index (κ2) is 4.95. The van der Waals surface area contributed by atoms with E-state index in [-0.39, 0.29) is 15.7 Å². The monoisotopic (exact) mass is 248 g/mol. The fourth-order valence-electron chi connectivity index (χ4n) is 0.907. The Hall–Kier alpha value is -1.33. The first kappa shape index (κ1) is 11.7. The van der Waals surface area contributed by atoms with E-state index in [0.717, 1.165) is 0 Å². The summed E-state index contributed by atoms with van der Waals surface area (Å²) in [4.78, 5) is 20.3. The summed E-state index contributed by atoms with van der Waals surface area (Å²) in [6, 6.07) is 4.63. The summed E-state index contributed by atoms with van der Waals surface area (Å²) in [6.45, 7) is -0.803. The molecule has 0 fully saturated rings. The van der Waals surface area contributed by atoms with Gasteiger partial charge in [0, 0.05) is 4.92 Å². The molecule has 0 saturated heterocycles. The van der Waals surface area contributed by atoms with Gasteiger partial charge in [-0.2, -0.15) is 0 Å². The van der Waals surface area contributed by atoms with Gasteiger partial charge in [0.15, 0.2) is 0 Å². The minimum absolute atomic E-state index is 0.163. The molecule has 0 aliphatic carbocycles. The topological polar surface area (TPSA) is 72.2 Å². The maximum atomic E-state index is 11.0. The lowest BCUT2D eigenvalue weighted by atomic mass is 10.3. The number of nitrogens with one attached hydrogen (secondary N) is 1. The van der Waals surface area contributed by atoms with Gasteiger partial charge in [-0.25, -0.2) is 0 Å². The zero-order valence-electron chi connectivity index (χ0n) is 7.37. The third-order valence-electron chi connectivity index (χ3n) is 1.50. The number of amides is 1. The smallest absolute Gasteiger partial charge is 0.296 e. The number of benzene rings is 1. The van der Waals surface area contributed by atoms with Crippen LogP contribution in [0, 0.1) is 10.1 Å². The lowest BCUT2D eigenvalue weighted by Gasteiger charge is -2.05. The summed E-state index contributed by atoms with van der Waals surface area (Å²) in [5.74, 6) is -0.746. The Bertz CT molecular complexity index is 409. The maximum absolute atomic E-state index is 11.0. The Morgan fingerprint density at radius 3 is 2.73 bits per heavy atom. The molecule has 0 aliphatic heterocycles. The van der Waals surface area contributed by atoms with Gasteiger partial charge in [-0.3, -0.25) is 14.9 Å². The predicted octanol–water partition coefficient (Wildman–Crippen LogP) is 2.21. The molecular weight excluding hydrogens is 243 g/mol. The summed E-state index contributed by atoms with van der Waals surface area (Å²) < 4.78 is 0. The average molecular weight is 249 g/mol. The van der Waals surface area contributed by atoms with Crippen LogP contribution in [0.5, 0.6) is 0 Å². The zero-order valence-corrected chi connectivity index (χ0v) is 8.88. The Labute approximate surface area is 95.1 Å². The molecule has 0 atom stereocenters. The molecular formula is C8H6Cl2N2O3. The van der Waals surface area contributed by atoms with Gasteiger partial charge in [0.05, 0.1) is 15.7 Å². The Balaban J connectivity index is 2.77. The van der Waals surface area contributed by atoms with E-state index in [1.807, 2.05) is 0 Å². The summed E-state index contributed by atoms with van der Waals surface area (Å²) in [5.41, 5.74) is 0.260. The molecule has 1 aromatic carbocycles. The Morgan fingerprint density at radius 2 is 2.13 bits per heavy atom. The van der Waals surface area contributed by atoms with Crippen LogP contribution in [-0.4, -0.2) is 17.4 Å². The van der Waals surface area contributed by atoms with Crippen LogP contribution in [0.15, 0.2) is 18.2 Å². The highest BCUT2D eigenvalue weighted by Gasteiger charge is 2.12. The minimum Gasteiger partial charge on any atom is -0.319 e. The number of nitrogens with zero attached hydrogens (tertiary/aromatic N) is 1. The van der Waals surface area contributed by atoms with E-state index in [1.54, 1.807) is 12.1 Å². The van der Waals surface area contributed by atoms with Crippen molar-refractivity contribution in [3.05, 3.63) is 38.4 Å². The maximum Gasteiger partial charge on any atom is 0.296 e. The highest BCUT2D eigenvalue weighted by Crippen LogP contribution is 2.29. The van der Waals surface area contributed by atoms with Gasteiger partial charge in [-0.15, -0.1) is 0 Å². The van der Waals surface area contributed by atoms with Crippen LogP contribution in [0.2, 0.25) is 10.0 Å². The van der Waals surface area contributed by atoms with Crippen molar-refractivity contribution in [1.29, 1.82) is 0 Å². The highest BCUT2D eigenvalue weighted by molar-refractivity contribution is 6.43. The second-order valence-electron chi connectivity index (χ2n) is 2.64. The summed E-state index contributed by atoms with van der Waals surface area (Å²) in [7, 11) is 0. The molecule has 80 valence electrons. The zero-order chi connectivity index (χ0) is 11.4. The predicted molar refractivity (Wildman–Crippen MR) is 57.0 cm³/mol. The molecule has 0 radical (unpaired) electrons. The third kappa shape index (κ3) is 3.38. The standard InChI is InChI=1S/C8H6Cl2N2O3/c9-5-2-1-3-6(8(5)10)11-7(13)4-12(14)15/h1-3H,4H2,(H,11,13). The van der Waals surface area contributed by atoms with Gasteiger partial charge >= 0.3 is 0 Å². The molecule has 0 unspecified atom stereocenters. The largest absolute Gasteiger partial charge is 0.319 e. The fourth-order valence-corrected chi connectivity index (χ4v) is 1.26. The molecule has 1 aromatic rings. The van der Waals surface area contributed by atoms with E-state index >= 15 is 0 Å². The van der Waals surface area contributed by atoms with Gasteiger partial charge in [0.2, 0.25) is 0 Å². The average Bonchev–Trinajstić information content (AvgIpc) is 2.11. The number of anilines is 1.